The predicted octanol–water partition coefficient (Wildman–Crippen LogP) is 3.16. The Kier molecular flexibility index (Phi) is 16.1. The first-order valence-corrected chi connectivity index (χ1v) is 22.5. The molecular weight excluding hydrogens is 861 g/mol. The maximum absolute atomic E-state index is 13.9. The van der Waals surface area contributed by atoms with E-state index in [2.05, 4.69) is 61.3 Å². The van der Waals surface area contributed by atoms with Gasteiger partial charge in [-0.2, -0.15) is 0 Å². The van der Waals surface area contributed by atoms with Crippen LogP contribution in [0.5, 0.6) is 0 Å². The number of nitrogens with zero attached hydrogens (tertiary/aromatic N) is 9. The van der Waals surface area contributed by atoms with Crippen LogP contribution < -0.4 is 31.9 Å². The van der Waals surface area contributed by atoms with Gasteiger partial charge in [-0.3, -0.25) is 28.8 Å². The number of hydrogen-bond acceptors (Lipinski definition) is 13. The van der Waals surface area contributed by atoms with Gasteiger partial charge in [0.05, 0.1) is 41.9 Å². The highest BCUT2D eigenvalue weighted by molar-refractivity contribution is 6.32. The van der Waals surface area contributed by atoms with Gasteiger partial charge in [0.2, 0.25) is 17.7 Å². The van der Waals surface area contributed by atoms with Gasteiger partial charge in [0.1, 0.15) is 23.5 Å². The minimum Gasteiger partial charge on any atom is -0.356 e. The summed E-state index contributed by atoms with van der Waals surface area (Å²) in [5.41, 5.74) is 7.98. The summed E-state index contributed by atoms with van der Waals surface area (Å²) >= 11 is 12.5. The number of benzene rings is 1. The lowest BCUT2D eigenvalue weighted by Gasteiger charge is -2.39. The Bertz CT molecular complexity index is 2330. The fourth-order valence-electron chi connectivity index (χ4n) is 7.93. The second kappa shape index (κ2) is 22.3. The van der Waals surface area contributed by atoms with E-state index in [1.54, 1.807) is 29.5 Å². The lowest BCUT2D eigenvalue weighted by molar-refractivity contribution is -0.133. The Morgan fingerprint density at radius 1 is 0.891 bits per heavy atom. The van der Waals surface area contributed by atoms with Crippen molar-refractivity contribution < 1.29 is 19.2 Å². The van der Waals surface area contributed by atoms with Crippen molar-refractivity contribution in [2.24, 2.45) is 5.73 Å². The first-order chi connectivity index (χ1) is 31.0. The van der Waals surface area contributed by atoms with Crippen molar-refractivity contribution in [3.05, 3.63) is 88.8 Å². The normalized spacial score (nSPS) is 15.8. The SMILES string of the molecule is NC1(C(=O)N[C@@H](CCN2CCN(C(=O)CCCCCNC(=O)c3ccc(NC(=O)CNCCn4ccnn4)c(Cl)n3)CC2)c2ccc(Cl)cc2)CCN(c2ncnc3[nH]ccc23)CC1. The van der Waals surface area contributed by atoms with E-state index in [4.69, 9.17) is 28.9 Å². The number of piperazine rings is 1. The number of carbonyl (C=O) groups is 4. The Balaban J connectivity index is 0.778. The largest absolute Gasteiger partial charge is 0.356 e. The molecule has 0 saturated carbocycles. The van der Waals surface area contributed by atoms with E-state index in [1.165, 1.54) is 6.07 Å². The number of unbranched alkanes of at least 4 members (excludes halogenated alkanes) is 2. The van der Waals surface area contributed by atoms with Crippen LogP contribution in [0.2, 0.25) is 10.2 Å². The summed E-state index contributed by atoms with van der Waals surface area (Å²) in [5.74, 6) is 0.121. The Hall–Kier alpha value is -5.73. The quantitative estimate of drug-likeness (QED) is 0.0487. The lowest BCUT2D eigenvalue weighted by atomic mass is 9.87. The average molecular weight is 917 g/mol. The lowest BCUT2D eigenvalue weighted by Crippen LogP contribution is -2.60. The number of fused-ring (bicyclic) bond motifs is 1. The second-order valence-corrected chi connectivity index (χ2v) is 17.0. The predicted molar refractivity (Wildman–Crippen MR) is 244 cm³/mol. The number of carbonyl (C=O) groups excluding carboxylic acids is 4. The third kappa shape index (κ3) is 12.5. The molecule has 7 rings (SSSR count). The van der Waals surface area contributed by atoms with Gasteiger partial charge in [0.25, 0.3) is 5.91 Å². The molecule has 21 heteroatoms. The highest BCUT2D eigenvalue weighted by Crippen LogP contribution is 2.30. The number of pyridine rings is 1. The molecule has 2 aliphatic rings. The van der Waals surface area contributed by atoms with Crippen LogP contribution >= 0.6 is 23.2 Å². The summed E-state index contributed by atoms with van der Waals surface area (Å²) in [7, 11) is 0. The number of halogens is 2. The first-order valence-electron chi connectivity index (χ1n) is 21.7. The summed E-state index contributed by atoms with van der Waals surface area (Å²) in [6.45, 7) is 6.25. The zero-order chi connectivity index (χ0) is 44.9. The molecule has 2 saturated heterocycles. The minimum atomic E-state index is -1.02. The smallest absolute Gasteiger partial charge is 0.269 e. The molecule has 64 heavy (non-hydrogen) atoms. The van der Waals surface area contributed by atoms with Gasteiger partial charge in [0.15, 0.2) is 5.15 Å². The molecule has 0 radical (unpaired) electrons. The van der Waals surface area contributed by atoms with Gasteiger partial charge in [-0.1, -0.05) is 47.0 Å². The number of piperidine rings is 1. The topological polar surface area (TPSA) is 237 Å². The molecule has 6 heterocycles. The van der Waals surface area contributed by atoms with E-state index in [1.807, 2.05) is 41.4 Å². The molecular formula is C43H55Cl2N15O4. The van der Waals surface area contributed by atoms with E-state index >= 15 is 0 Å². The van der Waals surface area contributed by atoms with E-state index < -0.39 is 5.54 Å². The van der Waals surface area contributed by atoms with Crippen LogP contribution in [0.4, 0.5) is 11.5 Å². The fourth-order valence-corrected chi connectivity index (χ4v) is 8.26. The number of rotatable bonds is 20. The third-order valence-electron chi connectivity index (χ3n) is 11.8. The molecule has 19 nitrogen and oxygen atoms in total. The monoisotopic (exact) mass is 915 g/mol. The maximum Gasteiger partial charge on any atom is 0.269 e. The second-order valence-electron chi connectivity index (χ2n) is 16.2. The minimum absolute atomic E-state index is 0.0148. The summed E-state index contributed by atoms with van der Waals surface area (Å²) < 4.78 is 1.65. The van der Waals surface area contributed by atoms with Gasteiger partial charge in [0, 0.05) is 82.7 Å². The van der Waals surface area contributed by atoms with Gasteiger partial charge in [-0.25, -0.2) is 15.0 Å². The standard InChI is InChI=1S/C43H55Cl2N15O4/c44-31-7-5-30(6-8-31)33(55-42(64)43(46)13-20-59(21-14-43)40-32-11-16-48-39(32)50-29-51-40)12-19-57-24-26-58(27-25-57)37(62)4-2-1-3-15-49-41(63)35-10-9-34(38(45)54-35)53-36(61)28-47-17-22-60-23-18-52-56-60/h5-11,16,18,23,29,33,47H,1-4,12-15,17,19-22,24-28,46H2,(H,49,63)(H,53,61)(H,55,64)(H,48,50,51)/t33-/m0/s1. The van der Waals surface area contributed by atoms with Crippen molar-refractivity contribution in [1.29, 1.82) is 0 Å². The molecule has 2 aliphatic heterocycles. The Morgan fingerprint density at radius 3 is 2.44 bits per heavy atom. The number of aromatic nitrogens is 7. The third-order valence-corrected chi connectivity index (χ3v) is 12.3. The Morgan fingerprint density at radius 2 is 1.69 bits per heavy atom. The van der Waals surface area contributed by atoms with Crippen molar-refractivity contribution in [3.63, 3.8) is 0 Å². The molecule has 2 fully saturated rings. The van der Waals surface area contributed by atoms with E-state index in [-0.39, 0.29) is 47.1 Å². The van der Waals surface area contributed by atoms with Crippen LogP contribution in [-0.2, 0) is 20.9 Å². The first kappa shape index (κ1) is 46.3. The van der Waals surface area contributed by atoms with Crippen molar-refractivity contribution in [1.82, 2.24) is 60.7 Å². The zero-order valence-electron chi connectivity index (χ0n) is 35.6. The van der Waals surface area contributed by atoms with E-state index in [9.17, 15) is 19.2 Å². The van der Waals surface area contributed by atoms with Gasteiger partial charge in [-0.05, 0) is 68.0 Å². The molecule has 0 aliphatic carbocycles. The summed E-state index contributed by atoms with van der Waals surface area (Å²) in [6, 6.07) is 12.3. The molecule has 5 aromatic rings. The zero-order valence-corrected chi connectivity index (χ0v) is 37.2. The van der Waals surface area contributed by atoms with E-state index in [0.717, 1.165) is 48.5 Å². The van der Waals surface area contributed by atoms with Crippen molar-refractivity contribution >= 4 is 69.4 Å². The van der Waals surface area contributed by atoms with Crippen molar-refractivity contribution in [2.45, 2.75) is 63.1 Å². The van der Waals surface area contributed by atoms with Crippen LogP contribution in [0.25, 0.3) is 11.0 Å². The Labute approximate surface area is 381 Å². The summed E-state index contributed by atoms with van der Waals surface area (Å²) in [5, 5.41) is 21.0. The number of H-pyrrole nitrogens is 1. The molecule has 4 aromatic heterocycles. The molecule has 0 bridgehead atoms. The van der Waals surface area contributed by atoms with Gasteiger partial charge in [-0.15, -0.1) is 5.10 Å². The maximum atomic E-state index is 13.9. The average Bonchev–Trinajstić information content (AvgIpc) is 4.02. The molecule has 0 unspecified atom stereocenters. The van der Waals surface area contributed by atoms with Gasteiger partial charge >= 0.3 is 0 Å². The van der Waals surface area contributed by atoms with Crippen LogP contribution in [0.1, 0.15) is 67.0 Å². The van der Waals surface area contributed by atoms with Crippen molar-refractivity contribution in [3.8, 4) is 0 Å². The van der Waals surface area contributed by atoms with Crippen molar-refractivity contribution in [2.75, 3.05) is 75.7 Å². The van der Waals surface area contributed by atoms with Gasteiger partial charge < -0.3 is 41.8 Å². The molecule has 0 spiro atoms. The summed E-state index contributed by atoms with van der Waals surface area (Å²) in [6.07, 6.45) is 11.0. The number of nitrogens with one attached hydrogen (secondary N) is 5. The number of aromatic amines is 1. The number of hydrogen-bond donors (Lipinski definition) is 6. The number of amides is 4. The molecule has 1 atom stereocenters. The molecule has 4 amide bonds. The van der Waals surface area contributed by atoms with Crippen LogP contribution in [0, 0.1) is 0 Å². The van der Waals surface area contributed by atoms with Crippen LogP contribution in [0.15, 0.2) is 67.4 Å². The summed E-state index contributed by atoms with van der Waals surface area (Å²) in [4.78, 5) is 74.5. The molecule has 340 valence electrons. The molecule has 7 N–H and O–H groups in total. The number of nitrogens with two attached hydrogens (primary N) is 1. The molecule has 1 aromatic carbocycles. The van der Waals surface area contributed by atoms with Crippen LogP contribution in [-0.4, -0.2) is 139 Å². The fraction of sp³-hybridized carbons (Fsp3) is 0.465. The van der Waals surface area contributed by atoms with E-state index in [0.29, 0.717) is 95.0 Å². The highest BCUT2D eigenvalue weighted by atomic mass is 35.5. The highest BCUT2D eigenvalue weighted by Gasteiger charge is 2.39. The van der Waals surface area contributed by atoms with Crippen LogP contribution in [0.3, 0.4) is 0 Å². The number of anilines is 2.